The highest BCUT2D eigenvalue weighted by atomic mass is 79.9. The summed E-state index contributed by atoms with van der Waals surface area (Å²) in [5.41, 5.74) is 2.66. The summed E-state index contributed by atoms with van der Waals surface area (Å²) in [5, 5.41) is 3.73. The van der Waals surface area contributed by atoms with Crippen molar-refractivity contribution in [3.63, 3.8) is 0 Å². The number of aromatic nitrogens is 1. The first-order valence-electron chi connectivity index (χ1n) is 7.71. The third-order valence-corrected chi connectivity index (χ3v) is 4.37. The summed E-state index contributed by atoms with van der Waals surface area (Å²) < 4.78 is 6.39. The van der Waals surface area contributed by atoms with Crippen LogP contribution in [0.25, 0.3) is 22.4 Å². The van der Waals surface area contributed by atoms with E-state index in [1.54, 1.807) is 18.4 Å². The van der Waals surface area contributed by atoms with Crippen LogP contribution in [0.5, 0.6) is 0 Å². The van der Waals surface area contributed by atoms with E-state index in [4.69, 9.17) is 4.42 Å². The zero-order valence-electron chi connectivity index (χ0n) is 13.1. The van der Waals surface area contributed by atoms with Crippen LogP contribution < -0.4 is 5.32 Å². The van der Waals surface area contributed by atoms with Gasteiger partial charge in [0.1, 0.15) is 5.69 Å². The van der Waals surface area contributed by atoms with E-state index < -0.39 is 0 Å². The van der Waals surface area contributed by atoms with Gasteiger partial charge in [0.15, 0.2) is 5.76 Å². The lowest BCUT2D eigenvalue weighted by molar-refractivity contribution is 0.102. The van der Waals surface area contributed by atoms with Crippen LogP contribution in [0.15, 0.2) is 81.9 Å². The number of amides is 1. The second kappa shape index (κ2) is 6.53. The molecule has 5 heteroatoms. The van der Waals surface area contributed by atoms with Gasteiger partial charge >= 0.3 is 0 Å². The number of fused-ring (bicyclic) bond motifs is 1. The largest absolute Gasteiger partial charge is 0.463 e. The Morgan fingerprint density at radius 3 is 2.56 bits per heavy atom. The van der Waals surface area contributed by atoms with Gasteiger partial charge in [0.05, 0.1) is 17.3 Å². The molecule has 4 rings (SSSR count). The Labute approximate surface area is 152 Å². The summed E-state index contributed by atoms with van der Waals surface area (Å²) in [6.07, 6.45) is 1.59. The molecule has 2 aromatic carbocycles. The number of benzene rings is 2. The predicted octanol–water partition coefficient (Wildman–Crippen LogP) is 5.51. The van der Waals surface area contributed by atoms with Crippen LogP contribution in [0.4, 0.5) is 5.69 Å². The minimum absolute atomic E-state index is 0.186. The molecule has 0 atom stereocenters. The number of halogens is 1. The second-order valence-corrected chi connectivity index (χ2v) is 6.43. The minimum atomic E-state index is -0.186. The molecule has 25 heavy (non-hydrogen) atoms. The van der Waals surface area contributed by atoms with Crippen molar-refractivity contribution in [2.24, 2.45) is 0 Å². The molecule has 122 valence electrons. The Hall–Kier alpha value is -2.92. The maximum atomic E-state index is 12.9. The van der Waals surface area contributed by atoms with Crippen LogP contribution in [0.3, 0.4) is 0 Å². The van der Waals surface area contributed by atoms with E-state index >= 15 is 0 Å². The van der Waals surface area contributed by atoms with Gasteiger partial charge in [-0.3, -0.25) is 4.79 Å². The SMILES string of the molecule is O=C(Nc1ccc(Br)cc1)c1cc(-c2ccco2)nc2ccccc12. The van der Waals surface area contributed by atoms with Gasteiger partial charge in [0.25, 0.3) is 5.91 Å². The molecule has 0 radical (unpaired) electrons. The number of para-hydroxylation sites is 1. The molecule has 0 bridgehead atoms. The van der Waals surface area contributed by atoms with E-state index in [1.165, 1.54) is 0 Å². The first-order valence-corrected chi connectivity index (χ1v) is 8.50. The van der Waals surface area contributed by atoms with Crippen molar-refractivity contribution in [2.75, 3.05) is 5.32 Å². The van der Waals surface area contributed by atoms with E-state index in [-0.39, 0.29) is 5.91 Å². The fourth-order valence-electron chi connectivity index (χ4n) is 2.65. The Morgan fingerprint density at radius 2 is 1.80 bits per heavy atom. The van der Waals surface area contributed by atoms with Gasteiger partial charge in [-0.05, 0) is 48.5 Å². The highest BCUT2D eigenvalue weighted by Crippen LogP contribution is 2.26. The van der Waals surface area contributed by atoms with Crippen molar-refractivity contribution in [3.8, 4) is 11.5 Å². The third-order valence-electron chi connectivity index (χ3n) is 3.84. The zero-order chi connectivity index (χ0) is 17.2. The van der Waals surface area contributed by atoms with Crippen LogP contribution >= 0.6 is 15.9 Å². The van der Waals surface area contributed by atoms with Crippen molar-refractivity contribution < 1.29 is 9.21 Å². The molecule has 2 aromatic heterocycles. The van der Waals surface area contributed by atoms with E-state index in [0.717, 1.165) is 21.1 Å². The van der Waals surface area contributed by atoms with Gasteiger partial charge in [-0.2, -0.15) is 0 Å². The summed E-state index contributed by atoms with van der Waals surface area (Å²) in [6.45, 7) is 0. The molecule has 2 heterocycles. The topological polar surface area (TPSA) is 55.1 Å². The standard InChI is InChI=1S/C20H13BrN2O2/c21-13-7-9-14(10-8-13)22-20(24)16-12-18(19-6-3-11-25-19)23-17-5-2-1-4-15(16)17/h1-12H,(H,22,24). The second-order valence-electron chi connectivity index (χ2n) is 5.51. The molecule has 0 unspecified atom stereocenters. The number of rotatable bonds is 3. The highest BCUT2D eigenvalue weighted by Gasteiger charge is 2.15. The van der Waals surface area contributed by atoms with Gasteiger partial charge in [-0.25, -0.2) is 4.98 Å². The molecule has 0 saturated heterocycles. The molecular formula is C20H13BrN2O2. The molecule has 0 spiro atoms. The smallest absolute Gasteiger partial charge is 0.256 e. The minimum Gasteiger partial charge on any atom is -0.463 e. The van der Waals surface area contributed by atoms with Gasteiger partial charge in [-0.15, -0.1) is 0 Å². The Balaban J connectivity index is 1.79. The van der Waals surface area contributed by atoms with Crippen LogP contribution in [0, 0.1) is 0 Å². The first-order chi connectivity index (χ1) is 12.2. The van der Waals surface area contributed by atoms with Gasteiger partial charge < -0.3 is 9.73 Å². The Bertz CT molecular complexity index is 1040. The molecule has 0 saturated carbocycles. The van der Waals surface area contributed by atoms with Crippen LogP contribution in [0.2, 0.25) is 0 Å². The molecule has 0 aliphatic carbocycles. The number of nitrogens with one attached hydrogen (secondary N) is 1. The quantitative estimate of drug-likeness (QED) is 0.499. The number of carbonyl (C=O) groups is 1. The van der Waals surface area contributed by atoms with Crippen molar-refractivity contribution in [2.45, 2.75) is 0 Å². The lowest BCUT2D eigenvalue weighted by atomic mass is 10.1. The van der Waals surface area contributed by atoms with Gasteiger partial charge in [0.2, 0.25) is 0 Å². The summed E-state index contributed by atoms with van der Waals surface area (Å²) in [4.78, 5) is 17.5. The third kappa shape index (κ3) is 3.19. The highest BCUT2D eigenvalue weighted by molar-refractivity contribution is 9.10. The number of hydrogen-bond donors (Lipinski definition) is 1. The Morgan fingerprint density at radius 1 is 1.00 bits per heavy atom. The first kappa shape index (κ1) is 15.6. The maximum Gasteiger partial charge on any atom is 0.256 e. The summed E-state index contributed by atoms with van der Waals surface area (Å²) in [5.74, 6) is 0.442. The monoisotopic (exact) mass is 392 g/mol. The molecule has 0 fully saturated rings. The van der Waals surface area contributed by atoms with Crippen molar-refractivity contribution >= 4 is 38.4 Å². The number of furan rings is 1. The summed E-state index contributed by atoms with van der Waals surface area (Å²) in [6, 6.07) is 20.4. The fourth-order valence-corrected chi connectivity index (χ4v) is 2.91. The van der Waals surface area contributed by atoms with E-state index in [0.29, 0.717) is 17.0 Å². The summed E-state index contributed by atoms with van der Waals surface area (Å²) in [7, 11) is 0. The van der Waals surface area contributed by atoms with E-state index in [2.05, 4.69) is 26.2 Å². The molecule has 1 N–H and O–H groups in total. The van der Waals surface area contributed by atoms with Crippen molar-refractivity contribution in [1.82, 2.24) is 4.98 Å². The predicted molar refractivity (Wildman–Crippen MR) is 102 cm³/mol. The van der Waals surface area contributed by atoms with Crippen LogP contribution in [-0.2, 0) is 0 Å². The van der Waals surface area contributed by atoms with E-state index in [1.807, 2.05) is 54.6 Å². The average molecular weight is 393 g/mol. The van der Waals surface area contributed by atoms with Gasteiger partial charge in [-0.1, -0.05) is 34.1 Å². The molecule has 4 aromatic rings. The fraction of sp³-hybridized carbons (Fsp3) is 0. The molecule has 1 amide bonds. The number of carbonyl (C=O) groups excluding carboxylic acids is 1. The Kier molecular flexibility index (Phi) is 4.07. The van der Waals surface area contributed by atoms with Crippen molar-refractivity contribution in [1.29, 1.82) is 0 Å². The lowest BCUT2D eigenvalue weighted by Gasteiger charge is -2.10. The number of nitrogens with zero attached hydrogens (tertiary/aromatic N) is 1. The van der Waals surface area contributed by atoms with Crippen molar-refractivity contribution in [3.05, 3.63) is 83.0 Å². The number of pyridine rings is 1. The lowest BCUT2D eigenvalue weighted by Crippen LogP contribution is -2.13. The van der Waals surface area contributed by atoms with E-state index in [9.17, 15) is 4.79 Å². The maximum absolute atomic E-state index is 12.9. The van der Waals surface area contributed by atoms with Gasteiger partial charge in [0, 0.05) is 15.5 Å². The number of hydrogen-bond acceptors (Lipinski definition) is 3. The average Bonchev–Trinajstić information content (AvgIpc) is 3.17. The molecule has 4 nitrogen and oxygen atoms in total. The zero-order valence-corrected chi connectivity index (χ0v) is 14.7. The summed E-state index contributed by atoms with van der Waals surface area (Å²) >= 11 is 3.39. The molecule has 0 aliphatic rings. The normalized spacial score (nSPS) is 10.8. The molecule has 0 aliphatic heterocycles. The van der Waals surface area contributed by atoms with Crippen LogP contribution in [0.1, 0.15) is 10.4 Å². The number of anilines is 1. The molecular weight excluding hydrogens is 380 g/mol. The van der Waals surface area contributed by atoms with Crippen LogP contribution in [-0.4, -0.2) is 10.9 Å².